The van der Waals surface area contributed by atoms with Crippen molar-refractivity contribution >= 4 is 21.6 Å². The molecule has 0 saturated carbocycles. The Morgan fingerprint density at radius 1 is 1.10 bits per heavy atom. The van der Waals surface area contributed by atoms with Gasteiger partial charge in [0.2, 0.25) is 21.7 Å². The van der Waals surface area contributed by atoms with E-state index < -0.39 is 10.0 Å². The number of nitrogens with zero attached hydrogens (tertiary/aromatic N) is 5. The molecule has 1 aromatic carbocycles. The molecule has 0 N–H and O–H groups in total. The molecular formula is C19H20ClN5O3S. The topological polar surface area (TPSA) is 92.4 Å². The van der Waals surface area contributed by atoms with Crippen LogP contribution in [-0.2, 0) is 10.0 Å². The van der Waals surface area contributed by atoms with E-state index in [0.29, 0.717) is 42.9 Å². The minimum atomic E-state index is -3.53. The van der Waals surface area contributed by atoms with Crippen molar-refractivity contribution in [3.63, 3.8) is 0 Å². The number of piperazine rings is 1. The van der Waals surface area contributed by atoms with Gasteiger partial charge in [0, 0.05) is 49.2 Å². The van der Waals surface area contributed by atoms with E-state index in [1.165, 1.54) is 16.4 Å². The molecule has 0 amide bonds. The van der Waals surface area contributed by atoms with Crippen LogP contribution < -0.4 is 0 Å². The molecule has 8 nitrogen and oxygen atoms in total. The highest BCUT2D eigenvalue weighted by Crippen LogP contribution is 2.25. The third-order valence-electron chi connectivity index (χ3n) is 4.99. The fraction of sp³-hybridized carbons (Fsp3) is 0.316. The summed E-state index contributed by atoms with van der Waals surface area (Å²) in [4.78, 5) is 10.9. The van der Waals surface area contributed by atoms with Gasteiger partial charge in [0.1, 0.15) is 0 Å². The summed E-state index contributed by atoms with van der Waals surface area (Å²) in [6.07, 6.45) is 3.37. The van der Waals surface area contributed by atoms with E-state index in [-0.39, 0.29) is 10.9 Å². The van der Waals surface area contributed by atoms with Crippen molar-refractivity contribution in [2.24, 2.45) is 0 Å². The fourth-order valence-electron chi connectivity index (χ4n) is 3.26. The molecule has 3 heterocycles. The molecule has 1 aliphatic heterocycles. The smallest absolute Gasteiger partial charge is 0.244 e. The lowest BCUT2D eigenvalue weighted by Gasteiger charge is -2.36. The van der Waals surface area contributed by atoms with Crippen molar-refractivity contribution < 1.29 is 12.9 Å². The molecule has 1 unspecified atom stereocenters. The second-order valence-corrected chi connectivity index (χ2v) is 9.14. The highest BCUT2D eigenvalue weighted by Gasteiger charge is 2.31. The van der Waals surface area contributed by atoms with Gasteiger partial charge in [0.25, 0.3) is 0 Å². The maximum Gasteiger partial charge on any atom is 0.244 e. The lowest BCUT2D eigenvalue weighted by Crippen LogP contribution is -2.49. The van der Waals surface area contributed by atoms with Gasteiger partial charge >= 0.3 is 0 Å². The molecule has 3 aromatic rings. The lowest BCUT2D eigenvalue weighted by molar-refractivity contribution is 0.124. The maximum atomic E-state index is 12.8. The van der Waals surface area contributed by atoms with E-state index in [2.05, 4.69) is 20.0 Å². The summed E-state index contributed by atoms with van der Waals surface area (Å²) >= 11 is 5.86. The van der Waals surface area contributed by atoms with Gasteiger partial charge in [-0.2, -0.15) is 9.29 Å². The van der Waals surface area contributed by atoms with Crippen LogP contribution in [-0.4, -0.2) is 58.9 Å². The fourth-order valence-corrected chi connectivity index (χ4v) is 4.81. The van der Waals surface area contributed by atoms with Gasteiger partial charge in [0.05, 0.1) is 10.9 Å². The third-order valence-corrected chi connectivity index (χ3v) is 7.16. The normalized spacial score (nSPS) is 17.3. The van der Waals surface area contributed by atoms with Crippen LogP contribution in [0.5, 0.6) is 0 Å². The average Bonchev–Trinajstić information content (AvgIpc) is 3.24. The van der Waals surface area contributed by atoms with Crippen LogP contribution in [0.2, 0.25) is 5.02 Å². The van der Waals surface area contributed by atoms with E-state index in [1.54, 1.807) is 24.5 Å². The zero-order chi connectivity index (χ0) is 20.4. The minimum absolute atomic E-state index is 0.117. The first kappa shape index (κ1) is 20.0. The van der Waals surface area contributed by atoms with Crippen LogP contribution in [0.4, 0.5) is 0 Å². The Hall–Kier alpha value is -2.33. The Morgan fingerprint density at radius 3 is 2.48 bits per heavy atom. The van der Waals surface area contributed by atoms with Crippen molar-refractivity contribution in [3.8, 4) is 11.4 Å². The monoisotopic (exact) mass is 433 g/mol. The standard InChI is InChI=1S/C19H20ClN5O3S/c1-14(19-22-18(23-28-19)15-3-2-8-21-13-15)24-9-11-25(12-10-24)29(26,27)17-6-4-16(20)5-7-17/h2-8,13-14H,9-12H2,1H3. The van der Waals surface area contributed by atoms with Gasteiger partial charge < -0.3 is 4.52 Å². The van der Waals surface area contributed by atoms with Crippen LogP contribution >= 0.6 is 11.6 Å². The van der Waals surface area contributed by atoms with Crippen molar-refractivity contribution in [1.82, 2.24) is 24.3 Å². The van der Waals surface area contributed by atoms with E-state index in [9.17, 15) is 8.42 Å². The van der Waals surface area contributed by atoms with Crippen molar-refractivity contribution in [2.45, 2.75) is 17.9 Å². The van der Waals surface area contributed by atoms with Crippen LogP contribution in [0, 0.1) is 0 Å². The van der Waals surface area contributed by atoms with Crippen LogP contribution in [0.1, 0.15) is 18.9 Å². The first-order valence-corrected chi connectivity index (χ1v) is 11.0. The molecular weight excluding hydrogens is 414 g/mol. The number of hydrogen-bond acceptors (Lipinski definition) is 7. The molecule has 1 atom stereocenters. The minimum Gasteiger partial charge on any atom is -0.337 e. The van der Waals surface area contributed by atoms with Crippen molar-refractivity contribution in [3.05, 3.63) is 59.7 Å². The highest BCUT2D eigenvalue weighted by molar-refractivity contribution is 7.89. The number of pyridine rings is 1. The summed E-state index contributed by atoms with van der Waals surface area (Å²) in [6, 6.07) is 9.80. The first-order chi connectivity index (χ1) is 13.9. The van der Waals surface area contributed by atoms with Crippen LogP contribution in [0.3, 0.4) is 0 Å². The Bertz CT molecular complexity index is 1060. The molecule has 0 spiro atoms. The molecule has 1 saturated heterocycles. The number of halogens is 1. The maximum absolute atomic E-state index is 12.8. The van der Waals surface area contributed by atoms with E-state index >= 15 is 0 Å². The summed E-state index contributed by atoms with van der Waals surface area (Å²) in [6.45, 7) is 3.89. The Morgan fingerprint density at radius 2 is 1.83 bits per heavy atom. The second kappa shape index (κ2) is 8.19. The predicted octanol–water partition coefficient (Wildman–Crippen LogP) is 2.85. The van der Waals surface area contributed by atoms with Gasteiger partial charge in [-0.05, 0) is 43.3 Å². The number of rotatable bonds is 5. The first-order valence-electron chi connectivity index (χ1n) is 9.19. The molecule has 29 heavy (non-hydrogen) atoms. The van der Waals surface area contributed by atoms with Crippen molar-refractivity contribution in [2.75, 3.05) is 26.2 Å². The Balaban J connectivity index is 1.42. The summed E-state index contributed by atoms with van der Waals surface area (Å²) < 4.78 is 32.6. The van der Waals surface area contributed by atoms with Gasteiger partial charge in [-0.1, -0.05) is 16.8 Å². The van der Waals surface area contributed by atoms with Gasteiger partial charge in [-0.3, -0.25) is 9.88 Å². The van der Waals surface area contributed by atoms with Crippen molar-refractivity contribution in [1.29, 1.82) is 0 Å². The van der Waals surface area contributed by atoms with Gasteiger partial charge in [0.15, 0.2) is 0 Å². The molecule has 1 fully saturated rings. The number of hydrogen-bond donors (Lipinski definition) is 0. The number of aromatic nitrogens is 3. The Kier molecular flexibility index (Phi) is 5.64. The molecule has 1 aliphatic rings. The van der Waals surface area contributed by atoms with E-state index in [1.807, 2.05) is 19.1 Å². The highest BCUT2D eigenvalue weighted by atomic mass is 35.5. The van der Waals surface area contributed by atoms with E-state index in [0.717, 1.165) is 5.56 Å². The summed E-state index contributed by atoms with van der Waals surface area (Å²) in [5.74, 6) is 0.988. The molecule has 2 aromatic heterocycles. The summed E-state index contributed by atoms with van der Waals surface area (Å²) in [5, 5.41) is 4.54. The number of sulfonamides is 1. The molecule has 4 rings (SSSR count). The Labute approximate surface area is 174 Å². The molecule has 0 radical (unpaired) electrons. The zero-order valence-electron chi connectivity index (χ0n) is 15.8. The van der Waals surface area contributed by atoms with Gasteiger partial charge in [-0.15, -0.1) is 0 Å². The van der Waals surface area contributed by atoms with Gasteiger partial charge in [-0.25, -0.2) is 8.42 Å². The largest absolute Gasteiger partial charge is 0.337 e. The third kappa shape index (κ3) is 4.18. The molecule has 10 heteroatoms. The second-order valence-electron chi connectivity index (χ2n) is 6.77. The predicted molar refractivity (Wildman–Crippen MR) is 108 cm³/mol. The zero-order valence-corrected chi connectivity index (χ0v) is 17.3. The summed E-state index contributed by atoms with van der Waals surface area (Å²) in [5.41, 5.74) is 0.786. The van der Waals surface area contributed by atoms with Crippen LogP contribution in [0.15, 0.2) is 58.2 Å². The average molecular weight is 434 g/mol. The molecule has 0 bridgehead atoms. The quantitative estimate of drug-likeness (QED) is 0.610. The molecule has 0 aliphatic carbocycles. The molecule has 152 valence electrons. The number of benzene rings is 1. The lowest BCUT2D eigenvalue weighted by atomic mass is 10.2. The summed E-state index contributed by atoms with van der Waals surface area (Å²) in [7, 11) is -3.53. The van der Waals surface area contributed by atoms with Crippen LogP contribution in [0.25, 0.3) is 11.4 Å². The SMILES string of the molecule is CC(c1nc(-c2cccnc2)no1)N1CCN(S(=O)(=O)c2ccc(Cl)cc2)CC1. The van der Waals surface area contributed by atoms with E-state index in [4.69, 9.17) is 16.1 Å².